The SMILES string of the molecule is CSc1c(F)cccc1B1OC(C)(C)C(C)(C)O1. The maximum Gasteiger partial charge on any atom is 0.496 e. The highest BCUT2D eigenvalue weighted by Crippen LogP contribution is 2.37. The molecule has 1 fully saturated rings. The summed E-state index contributed by atoms with van der Waals surface area (Å²) in [5.74, 6) is -0.227. The normalized spacial score (nSPS) is 21.3. The van der Waals surface area contributed by atoms with Crippen LogP contribution >= 0.6 is 11.8 Å². The zero-order valence-electron chi connectivity index (χ0n) is 11.4. The molecule has 0 unspecified atom stereocenters. The first-order valence-electron chi connectivity index (χ1n) is 5.96. The van der Waals surface area contributed by atoms with Crippen LogP contribution in [-0.2, 0) is 9.31 Å². The van der Waals surface area contributed by atoms with Crippen molar-refractivity contribution in [3.8, 4) is 0 Å². The van der Waals surface area contributed by atoms with E-state index in [1.54, 1.807) is 6.07 Å². The van der Waals surface area contributed by atoms with Gasteiger partial charge in [0.25, 0.3) is 0 Å². The number of benzene rings is 1. The Kier molecular flexibility index (Phi) is 3.51. The van der Waals surface area contributed by atoms with Crippen molar-refractivity contribution in [3.05, 3.63) is 24.0 Å². The molecule has 1 aliphatic heterocycles. The van der Waals surface area contributed by atoms with E-state index in [1.165, 1.54) is 17.8 Å². The molecule has 0 aromatic heterocycles. The zero-order valence-corrected chi connectivity index (χ0v) is 12.2. The van der Waals surface area contributed by atoms with Gasteiger partial charge in [-0.2, -0.15) is 0 Å². The summed E-state index contributed by atoms with van der Waals surface area (Å²) >= 11 is 1.37. The summed E-state index contributed by atoms with van der Waals surface area (Å²) in [6.07, 6.45) is 1.85. The fraction of sp³-hybridized carbons (Fsp3) is 0.538. The van der Waals surface area contributed by atoms with Gasteiger partial charge >= 0.3 is 7.12 Å². The van der Waals surface area contributed by atoms with Gasteiger partial charge in [-0.25, -0.2) is 4.39 Å². The van der Waals surface area contributed by atoms with Gasteiger partial charge in [0, 0.05) is 4.90 Å². The minimum absolute atomic E-state index is 0.227. The van der Waals surface area contributed by atoms with E-state index in [-0.39, 0.29) is 5.82 Å². The van der Waals surface area contributed by atoms with Gasteiger partial charge in [-0.1, -0.05) is 12.1 Å². The van der Waals surface area contributed by atoms with E-state index in [1.807, 2.05) is 40.0 Å². The van der Waals surface area contributed by atoms with Gasteiger partial charge in [-0.15, -0.1) is 11.8 Å². The van der Waals surface area contributed by atoms with Crippen molar-refractivity contribution in [2.75, 3.05) is 6.26 Å². The molecular weight excluding hydrogens is 250 g/mol. The maximum atomic E-state index is 13.8. The van der Waals surface area contributed by atoms with Crippen molar-refractivity contribution in [1.82, 2.24) is 0 Å². The lowest BCUT2D eigenvalue weighted by Gasteiger charge is -2.32. The molecule has 98 valence electrons. The first-order chi connectivity index (χ1) is 8.28. The van der Waals surface area contributed by atoms with E-state index in [4.69, 9.17) is 9.31 Å². The van der Waals surface area contributed by atoms with Gasteiger partial charge in [0.15, 0.2) is 0 Å². The van der Waals surface area contributed by atoms with E-state index in [2.05, 4.69) is 0 Å². The Morgan fingerprint density at radius 3 is 2.17 bits per heavy atom. The van der Waals surface area contributed by atoms with Crippen LogP contribution in [0.2, 0.25) is 0 Å². The minimum atomic E-state index is -0.506. The van der Waals surface area contributed by atoms with E-state index in [0.717, 1.165) is 5.46 Å². The van der Waals surface area contributed by atoms with E-state index < -0.39 is 18.3 Å². The molecule has 0 amide bonds. The molecule has 0 N–H and O–H groups in total. The minimum Gasteiger partial charge on any atom is -0.399 e. The highest BCUT2D eigenvalue weighted by atomic mass is 32.2. The van der Waals surface area contributed by atoms with Gasteiger partial charge in [0.1, 0.15) is 5.82 Å². The molecule has 0 aliphatic carbocycles. The Morgan fingerprint density at radius 1 is 1.11 bits per heavy atom. The molecule has 0 bridgehead atoms. The van der Waals surface area contributed by atoms with Crippen LogP contribution in [0.3, 0.4) is 0 Å². The van der Waals surface area contributed by atoms with Crippen molar-refractivity contribution in [2.45, 2.75) is 43.8 Å². The van der Waals surface area contributed by atoms with Crippen LogP contribution in [0.4, 0.5) is 4.39 Å². The quantitative estimate of drug-likeness (QED) is 0.607. The fourth-order valence-corrected chi connectivity index (χ4v) is 2.56. The van der Waals surface area contributed by atoms with Crippen LogP contribution in [0, 0.1) is 5.82 Å². The lowest BCUT2D eigenvalue weighted by atomic mass is 9.79. The number of rotatable bonds is 2. The number of thioether (sulfide) groups is 1. The monoisotopic (exact) mass is 268 g/mol. The molecule has 1 heterocycles. The highest BCUT2D eigenvalue weighted by Gasteiger charge is 2.52. The molecule has 2 rings (SSSR count). The first-order valence-corrected chi connectivity index (χ1v) is 7.19. The first kappa shape index (κ1) is 13.9. The molecule has 18 heavy (non-hydrogen) atoms. The van der Waals surface area contributed by atoms with Gasteiger partial charge < -0.3 is 9.31 Å². The van der Waals surface area contributed by atoms with Gasteiger partial charge in [-0.3, -0.25) is 0 Å². The summed E-state index contributed by atoms with van der Waals surface area (Å²) < 4.78 is 25.6. The Balaban J connectivity index is 2.38. The molecule has 1 aromatic rings. The standard InChI is InChI=1S/C13H18BFO2S/c1-12(2)13(3,4)17-14(16-12)9-7-6-8-10(15)11(9)18-5/h6-8H,1-5H3. The van der Waals surface area contributed by atoms with Crippen LogP contribution in [0.5, 0.6) is 0 Å². The van der Waals surface area contributed by atoms with Gasteiger partial charge in [-0.05, 0) is 45.5 Å². The molecule has 1 saturated heterocycles. The second-order valence-electron chi connectivity index (χ2n) is 5.45. The molecular formula is C13H18BFO2S. The van der Waals surface area contributed by atoms with Crippen molar-refractivity contribution in [1.29, 1.82) is 0 Å². The third-order valence-electron chi connectivity index (χ3n) is 3.71. The van der Waals surface area contributed by atoms with Crippen molar-refractivity contribution in [2.24, 2.45) is 0 Å². The smallest absolute Gasteiger partial charge is 0.399 e. The largest absolute Gasteiger partial charge is 0.496 e. The Hall–Kier alpha value is -0.515. The number of hydrogen-bond acceptors (Lipinski definition) is 3. The Bertz CT molecular complexity index is 446. The molecule has 0 radical (unpaired) electrons. The summed E-state index contributed by atoms with van der Waals surface area (Å²) in [5.41, 5.74) is -0.0413. The molecule has 0 atom stereocenters. The van der Waals surface area contributed by atoms with Crippen LogP contribution in [-0.4, -0.2) is 24.6 Å². The highest BCUT2D eigenvalue weighted by molar-refractivity contribution is 7.98. The fourth-order valence-electron chi connectivity index (χ4n) is 1.90. The molecule has 1 aromatic carbocycles. The van der Waals surface area contributed by atoms with E-state index in [0.29, 0.717) is 4.90 Å². The zero-order chi connectivity index (χ0) is 13.6. The summed E-state index contributed by atoms with van der Waals surface area (Å²) in [7, 11) is -0.506. The van der Waals surface area contributed by atoms with E-state index in [9.17, 15) is 4.39 Å². The lowest BCUT2D eigenvalue weighted by Crippen LogP contribution is -2.41. The van der Waals surface area contributed by atoms with Crippen molar-refractivity contribution >= 4 is 24.3 Å². The molecule has 0 spiro atoms. The molecule has 5 heteroatoms. The average Bonchev–Trinajstić information content (AvgIpc) is 2.47. The molecule has 0 saturated carbocycles. The number of halogens is 1. The summed E-state index contributed by atoms with van der Waals surface area (Å²) in [4.78, 5) is 0.594. The lowest BCUT2D eigenvalue weighted by molar-refractivity contribution is 0.00578. The Morgan fingerprint density at radius 2 is 1.67 bits per heavy atom. The predicted octanol–water partition coefficient (Wildman–Crippen LogP) is 2.85. The summed E-state index contributed by atoms with van der Waals surface area (Å²) in [6.45, 7) is 7.96. The van der Waals surface area contributed by atoms with E-state index >= 15 is 0 Å². The predicted molar refractivity (Wildman–Crippen MR) is 73.9 cm³/mol. The average molecular weight is 268 g/mol. The summed E-state index contributed by atoms with van der Waals surface area (Å²) in [5, 5.41) is 0. The van der Waals surface area contributed by atoms with Gasteiger partial charge in [0.2, 0.25) is 0 Å². The number of hydrogen-bond donors (Lipinski definition) is 0. The van der Waals surface area contributed by atoms with Crippen molar-refractivity contribution in [3.63, 3.8) is 0 Å². The second kappa shape index (κ2) is 4.55. The topological polar surface area (TPSA) is 18.5 Å². The Labute approximate surface area is 112 Å². The second-order valence-corrected chi connectivity index (χ2v) is 6.27. The van der Waals surface area contributed by atoms with Gasteiger partial charge in [0.05, 0.1) is 11.2 Å². The third kappa shape index (κ3) is 2.19. The molecule has 2 nitrogen and oxygen atoms in total. The van der Waals surface area contributed by atoms with Crippen LogP contribution in [0.25, 0.3) is 0 Å². The van der Waals surface area contributed by atoms with Crippen LogP contribution < -0.4 is 5.46 Å². The van der Waals surface area contributed by atoms with Crippen LogP contribution in [0.1, 0.15) is 27.7 Å². The maximum absolute atomic E-state index is 13.8. The third-order valence-corrected chi connectivity index (χ3v) is 4.55. The van der Waals surface area contributed by atoms with Crippen LogP contribution in [0.15, 0.2) is 23.1 Å². The summed E-state index contributed by atoms with van der Waals surface area (Å²) in [6, 6.07) is 5.01. The van der Waals surface area contributed by atoms with Crippen molar-refractivity contribution < 1.29 is 13.7 Å². The molecule has 1 aliphatic rings.